The van der Waals surface area contributed by atoms with Crippen molar-refractivity contribution in [3.63, 3.8) is 0 Å². The molecule has 0 unspecified atom stereocenters. The van der Waals surface area contributed by atoms with Crippen LogP contribution in [0.3, 0.4) is 0 Å². The van der Waals surface area contributed by atoms with Crippen LogP contribution in [-0.4, -0.2) is 9.97 Å². The van der Waals surface area contributed by atoms with Crippen molar-refractivity contribution in [3.05, 3.63) is 46.5 Å². The molecule has 4 heteroatoms. The fourth-order valence-corrected chi connectivity index (χ4v) is 1.59. The first-order valence-corrected chi connectivity index (χ1v) is 4.90. The molecule has 0 bridgehead atoms. The van der Waals surface area contributed by atoms with Crippen molar-refractivity contribution in [1.82, 2.24) is 9.97 Å². The summed E-state index contributed by atoms with van der Waals surface area (Å²) in [5, 5.41) is 0. The van der Waals surface area contributed by atoms with Gasteiger partial charge in [0.05, 0.1) is 0 Å². The molecule has 2 nitrogen and oxygen atoms in total. The van der Waals surface area contributed by atoms with Gasteiger partial charge in [-0.1, -0.05) is 12.2 Å². The fraction of sp³-hybridized carbons (Fsp3) is 0.0909. The van der Waals surface area contributed by atoms with Crippen molar-refractivity contribution < 1.29 is 4.39 Å². The minimum absolute atomic E-state index is 0.259. The largest absolute Gasteiger partial charge is 0.343 e. The zero-order valence-corrected chi connectivity index (χ0v) is 8.94. The van der Waals surface area contributed by atoms with Gasteiger partial charge in [-0.3, -0.25) is 0 Å². The van der Waals surface area contributed by atoms with E-state index in [1.54, 1.807) is 18.2 Å². The highest BCUT2D eigenvalue weighted by Gasteiger charge is 2.00. The van der Waals surface area contributed by atoms with Gasteiger partial charge in [-0.15, -0.1) is 0 Å². The quantitative estimate of drug-likeness (QED) is 0.747. The molecule has 76 valence electrons. The number of nitrogens with zero attached hydrogens (tertiary/aromatic N) is 1. The summed E-state index contributed by atoms with van der Waals surface area (Å²) in [5.74, 6) is 0.407. The highest BCUT2D eigenvalue weighted by molar-refractivity contribution is 7.71. The van der Waals surface area contributed by atoms with Crippen molar-refractivity contribution >= 4 is 12.2 Å². The number of nitrogens with one attached hydrogen (secondary N) is 1. The Kier molecular flexibility index (Phi) is 2.60. The molecule has 0 aliphatic rings. The van der Waals surface area contributed by atoms with Crippen LogP contribution in [0, 0.1) is 17.4 Å². The summed E-state index contributed by atoms with van der Waals surface area (Å²) in [7, 11) is 0. The zero-order chi connectivity index (χ0) is 10.8. The first kappa shape index (κ1) is 9.98. The summed E-state index contributed by atoms with van der Waals surface area (Å²) in [5.41, 5.74) is 1.76. The van der Waals surface area contributed by atoms with E-state index in [0.29, 0.717) is 10.5 Å². The number of halogens is 1. The fourth-order valence-electron chi connectivity index (χ4n) is 1.32. The maximum atomic E-state index is 12.7. The van der Waals surface area contributed by atoms with Gasteiger partial charge in [0, 0.05) is 11.3 Å². The minimum Gasteiger partial charge on any atom is -0.343 e. The third-order valence-electron chi connectivity index (χ3n) is 2.00. The summed E-state index contributed by atoms with van der Waals surface area (Å²) in [6.45, 7) is 1.91. The van der Waals surface area contributed by atoms with Crippen LogP contribution in [0.4, 0.5) is 4.39 Å². The first-order chi connectivity index (χ1) is 7.15. The molecule has 0 fully saturated rings. The Morgan fingerprint density at radius 1 is 1.27 bits per heavy atom. The second kappa shape index (κ2) is 3.90. The van der Waals surface area contributed by atoms with Crippen LogP contribution >= 0.6 is 12.2 Å². The van der Waals surface area contributed by atoms with Gasteiger partial charge >= 0.3 is 0 Å². The molecular weight excluding hydrogens is 211 g/mol. The molecular formula is C11H9FN2S. The third-order valence-corrected chi connectivity index (χ3v) is 2.20. The highest BCUT2D eigenvalue weighted by Crippen LogP contribution is 2.15. The molecule has 0 saturated carbocycles. The number of aromatic amines is 1. The lowest BCUT2D eigenvalue weighted by Crippen LogP contribution is -1.91. The van der Waals surface area contributed by atoms with Crippen LogP contribution in [0.1, 0.15) is 5.69 Å². The molecule has 1 aromatic carbocycles. The Morgan fingerprint density at radius 2 is 1.93 bits per heavy atom. The van der Waals surface area contributed by atoms with Crippen LogP contribution in [0.15, 0.2) is 30.3 Å². The number of benzene rings is 1. The molecule has 15 heavy (non-hydrogen) atoms. The lowest BCUT2D eigenvalue weighted by atomic mass is 10.2. The van der Waals surface area contributed by atoms with Gasteiger partial charge in [-0.25, -0.2) is 9.37 Å². The molecule has 0 amide bonds. The van der Waals surface area contributed by atoms with E-state index >= 15 is 0 Å². The number of aryl methyl sites for hydroxylation is 1. The number of aromatic nitrogens is 2. The number of hydrogen-bond donors (Lipinski definition) is 1. The molecule has 0 atom stereocenters. The third kappa shape index (κ3) is 2.27. The van der Waals surface area contributed by atoms with Crippen LogP contribution in [0.25, 0.3) is 11.4 Å². The van der Waals surface area contributed by atoms with Gasteiger partial charge in [0.25, 0.3) is 0 Å². The Balaban J connectivity index is 2.54. The molecule has 0 spiro atoms. The Labute approximate surface area is 91.8 Å². The summed E-state index contributed by atoms with van der Waals surface area (Å²) in [6, 6.07) is 7.92. The van der Waals surface area contributed by atoms with E-state index in [-0.39, 0.29) is 5.82 Å². The predicted octanol–water partition coefficient (Wildman–Crippen LogP) is 3.25. The van der Waals surface area contributed by atoms with Crippen LogP contribution < -0.4 is 0 Å². The second-order valence-corrected chi connectivity index (χ2v) is 3.68. The van der Waals surface area contributed by atoms with Crippen molar-refractivity contribution in [2.45, 2.75) is 6.92 Å². The van der Waals surface area contributed by atoms with E-state index in [1.807, 2.05) is 6.92 Å². The lowest BCUT2D eigenvalue weighted by Gasteiger charge is -2.02. The molecule has 2 aromatic rings. The molecule has 2 rings (SSSR count). The smallest absolute Gasteiger partial charge is 0.139 e. The molecule has 1 N–H and O–H groups in total. The Bertz CT molecular complexity index is 531. The maximum Gasteiger partial charge on any atom is 0.139 e. The van der Waals surface area contributed by atoms with Crippen LogP contribution in [0.5, 0.6) is 0 Å². The van der Waals surface area contributed by atoms with E-state index < -0.39 is 0 Å². The molecule has 0 radical (unpaired) electrons. The van der Waals surface area contributed by atoms with E-state index in [1.165, 1.54) is 12.1 Å². The van der Waals surface area contributed by atoms with E-state index in [0.717, 1.165) is 11.3 Å². The van der Waals surface area contributed by atoms with Gasteiger partial charge in [0.1, 0.15) is 16.3 Å². The lowest BCUT2D eigenvalue weighted by molar-refractivity contribution is 0.628. The summed E-state index contributed by atoms with van der Waals surface area (Å²) < 4.78 is 13.2. The number of hydrogen-bond acceptors (Lipinski definition) is 2. The van der Waals surface area contributed by atoms with E-state index in [2.05, 4.69) is 9.97 Å². The summed E-state index contributed by atoms with van der Waals surface area (Å²) in [4.78, 5) is 7.25. The van der Waals surface area contributed by atoms with Gasteiger partial charge in [0.2, 0.25) is 0 Å². The SMILES string of the molecule is Cc1cc(=S)nc(-c2ccc(F)cc2)[nH]1. The van der Waals surface area contributed by atoms with E-state index in [9.17, 15) is 4.39 Å². The number of H-pyrrole nitrogens is 1. The van der Waals surface area contributed by atoms with Crippen LogP contribution in [0.2, 0.25) is 0 Å². The monoisotopic (exact) mass is 220 g/mol. The highest BCUT2D eigenvalue weighted by atomic mass is 32.1. The van der Waals surface area contributed by atoms with Crippen molar-refractivity contribution in [2.75, 3.05) is 0 Å². The Hall–Kier alpha value is -1.55. The normalized spacial score (nSPS) is 10.3. The Morgan fingerprint density at radius 3 is 2.53 bits per heavy atom. The molecule has 1 aromatic heterocycles. The van der Waals surface area contributed by atoms with E-state index in [4.69, 9.17) is 12.2 Å². The van der Waals surface area contributed by atoms with Gasteiger partial charge in [0.15, 0.2) is 0 Å². The summed E-state index contributed by atoms with van der Waals surface area (Å²) >= 11 is 5.01. The molecule has 0 aliphatic heterocycles. The predicted molar refractivity (Wildman–Crippen MR) is 59.6 cm³/mol. The average Bonchev–Trinajstić information content (AvgIpc) is 2.17. The van der Waals surface area contributed by atoms with Gasteiger partial charge < -0.3 is 4.98 Å². The van der Waals surface area contributed by atoms with Crippen molar-refractivity contribution in [2.24, 2.45) is 0 Å². The van der Waals surface area contributed by atoms with Gasteiger partial charge in [-0.2, -0.15) is 0 Å². The summed E-state index contributed by atoms with van der Waals surface area (Å²) in [6.07, 6.45) is 0. The molecule has 0 aliphatic carbocycles. The molecule has 0 saturated heterocycles. The standard InChI is InChI=1S/C11H9FN2S/c1-7-6-10(15)14-11(13-7)8-2-4-9(12)5-3-8/h2-6H,1H3,(H,13,14,15). The van der Waals surface area contributed by atoms with Crippen molar-refractivity contribution in [3.8, 4) is 11.4 Å². The first-order valence-electron chi connectivity index (χ1n) is 4.49. The number of rotatable bonds is 1. The van der Waals surface area contributed by atoms with Gasteiger partial charge in [-0.05, 0) is 37.3 Å². The maximum absolute atomic E-state index is 12.7. The minimum atomic E-state index is -0.259. The second-order valence-electron chi connectivity index (χ2n) is 3.26. The molecule has 1 heterocycles. The van der Waals surface area contributed by atoms with Crippen molar-refractivity contribution in [1.29, 1.82) is 0 Å². The zero-order valence-electron chi connectivity index (χ0n) is 8.12. The van der Waals surface area contributed by atoms with Crippen LogP contribution in [-0.2, 0) is 0 Å². The average molecular weight is 220 g/mol. The topological polar surface area (TPSA) is 28.7 Å².